The maximum Gasteiger partial charge on any atom is 0.274 e. The van der Waals surface area contributed by atoms with Crippen molar-refractivity contribution in [2.75, 3.05) is 13.1 Å². The van der Waals surface area contributed by atoms with Crippen molar-refractivity contribution in [2.45, 2.75) is 25.7 Å². The lowest BCUT2D eigenvalue weighted by Crippen LogP contribution is -2.32. The fourth-order valence-corrected chi connectivity index (χ4v) is 2.78. The Kier molecular flexibility index (Phi) is 2.80. The summed E-state index contributed by atoms with van der Waals surface area (Å²) in [5, 5.41) is 4.09. The number of amides is 1. The second-order valence-corrected chi connectivity index (χ2v) is 5.11. The quantitative estimate of drug-likeness (QED) is 0.775. The molecule has 0 radical (unpaired) electrons. The Morgan fingerprint density at radius 2 is 2.00 bits per heavy atom. The van der Waals surface area contributed by atoms with E-state index in [4.69, 9.17) is 0 Å². The smallest absolute Gasteiger partial charge is 0.274 e. The number of aromatic nitrogens is 3. The van der Waals surface area contributed by atoms with Crippen LogP contribution in [0.5, 0.6) is 0 Å². The third-order valence-electron chi connectivity index (χ3n) is 3.10. The second kappa shape index (κ2) is 4.44. The van der Waals surface area contributed by atoms with Gasteiger partial charge in [0, 0.05) is 13.1 Å². The van der Waals surface area contributed by atoms with Crippen LogP contribution in [0.3, 0.4) is 0 Å². The highest BCUT2D eigenvalue weighted by atomic mass is 32.1. The fourth-order valence-electron chi connectivity index (χ4n) is 2.18. The van der Waals surface area contributed by atoms with Gasteiger partial charge in [-0.1, -0.05) is 24.2 Å². The number of fused-ring (bicyclic) bond motifs is 1. The highest BCUT2D eigenvalue weighted by Crippen LogP contribution is 2.14. The maximum absolute atomic E-state index is 12.2. The average molecular weight is 250 g/mol. The number of nitrogens with zero attached hydrogens (tertiary/aromatic N) is 4. The summed E-state index contributed by atoms with van der Waals surface area (Å²) in [5.41, 5.74) is 2.24. The van der Waals surface area contributed by atoms with Crippen molar-refractivity contribution in [3.8, 4) is 0 Å². The van der Waals surface area contributed by atoms with Gasteiger partial charge in [0.15, 0.2) is 0 Å². The Morgan fingerprint density at radius 3 is 2.71 bits per heavy atom. The van der Waals surface area contributed by atoms with E-state index in [1.165, 1.54) is 24.2 Å². The number of carbonyl (C=O) groups is 1. The molecule has 1 fully saturated rings. The van der Waals surface area contributed by atoms with Crippen molar-refractivity contribution in [1.29, 1.82) is 0 Å². The van der Waals surface area contributed by atoms with Crippen molar-refractivity contribution in [2.24, 2.45) is 0 Å². The zero-order chi connectivity index (χ0) is 11.7. The molecule has 5 nitrogen and oxygen atoms in total. The van der Waals surface area contributed by atoms with E-state index in [-0.39, 0.29) is 5.91 Å². The minimum Gasteiger partial charge on any atom is -0.337 e. The van der Waals surface area contributed by atoms with Crippen molar-refractivity contribution in [3.05, 3.63) is 17.4 Å². The van der Waals surface area contributed by atoms with Crippen LogP contribution in [0.2, 0.25) is 0 Å². The summed E-state index contributed by atoms with van der Waals surface area (Å²) >= 11 is 1.45. The minimum atomic E-state index is 0.0459. The summed E-state index contributed by atoms with van der Waals surface area (Å²) in [5.74, 6) is 0.0459. The molecular weight excluding hydrogens is 236 g/mol. The highest BCUT2D eigenvalue weighted by Gasteiger charge is 2.20. The van der Waals surface area contributed by atoms with Gasteiger partial charge in [-0.2, -0.15) is 5.10 Å². The van der Waals surface area contributed by atoms with E-state index in [2.05, 4.69) is 10.1 Å². The first-order chi connectivity index (χ1) is 8.34. The van der Waals surface area contributed by atoms with Crippen LogP contribution in [-0.4, -0.2) is 38.5 Å². The van der Waals surface area contributed by atoms with Crippen LogP contribution in [-0.2, 0) is 0 Å². The molecule has 1 aliphatic heterocycles. The topological polar surface area (TPSA) is 50.5 Å². The molecule has 3 heterocycles. The fraction of sp³-hybridized carbons (Fsp3) is 0.545. The molecule has 0 atom stereocenters. The van der Waals surface area contributed by atoms with E-state index in [1.807, 2.05) is 4.90 Å². The first kappa shape index (κ1) is 10.7. The molecule has 2 aromatic heterocycles. The van der Waals surface area contributed by atoms with Crippen molar-refractivity contribution < 1.29 is 4.79 Å². The van der Waals surface area contributed by atoms with E-state index in [1.54, 1.807) is 16.2 Å². The van der Waals surface area contributed by atoms with Crippen LogP contribution < -0.4 is 0 Å². The molecule has 0 unspecified atom stereocenters. The summed E-state index contributed by atoms with van der Waals surface area (Å²) in [6, 6.07) is 0. The van der Waals surface area contributed by atoms with Gasteiger partial charge in [-0.25, -0.2) is 9.50 Å². The Balaban J connectivity index is 1.82. The zero-order valence-electron chi connectivity index (χ0n) is 9.50. The molecule has 0 bridgehead atoms. The molecule has 0 aliphatic carbocycles. The first-order valence-corrected chi connectivity index (χ1v) is 6.81. The van der Waals surface area contributed by atoms with Crippen molar-refractivity contribution >= 4 is 22.2 Å². The monoisotopic (exact) mass is 250 g/mol. The normalized spacial score (nSPS) is 17.3. The molecule has 1 aliphatic rings. The van der Waals surface area contributed by atoms with E-state index in [0.717, 1.165) is 30.9 Å². The summed E-state index contributed by atoms with van der Waals surface area (Å²) in [6.07, 6.45) is 6.38. The molecule has 0 aromatic carbocycles. The van der Waals surface area contributed by atoms with Crippen molar-refractivity contribution in [1.82, 2.24) is 19.5 Å². The number of hydrogen-bond donors (Lipinski definition) is 0. The molecule has 2 aromatic rings. The van der Waals surface area contributed by atoms with Gasteiger partial charge in [0.05, 0.1) is 6.20 Å². The van der Waals surface area contributed by atoms with Crippen LogP contribution in [0, 0.1) is 0 Å². The molecule has 0 N–H and O–H groups in total. The van der Waals surface area contributed by atoms with Crippen LogP contribution in [0.4, 0.5) is 0 Å². The molecule has 17 heavy (non-hydrogen) atoms. The van der Waals surface area contributed by atoms with Gasteiger partial charge in [-0.05, 0) is 12.8 Å². The van der Waals surface area contributed by atoms with Crippen LogP contribution in [0.25, 0.3) is 4.96 Å². The Bertz CT molecular complexity index is 496. The van der Waals surface area contributed by atoms with Crippen LogP contribution in [0.15, 0.2) is 11.7 Å². The summed E-state index contributed by atoms with van der Waals surface area (Å²) in [7, 11) is 0. The Morgan fingerprint density at radius 1 is 1.24 bits per heavy atom. The van der Waals surface area contributed by atoms with Gasteiger partial charge in [-0.3, -0.25) is 4.79 Å². The molecule has 6 heteroatoms. The zero-order valence-corrected chi connectivity index (χ0v) is 10.3. The van der Waals surface area contributed by atoms with Gasteiger partial charge in [0.2, 0.25) is 4.96 Å². The Hall–Kier alpha value is -1.43. The summed E-state index contributed by atoms with van der Waals surface area (Å²) < 4.78 is 1.66. The van der Waals surface area contributed by atoms with Gasteiger partial charge in [0.25, 0.3) is 5.91 Å². The van der Waals surface area contributed by atoms with Gasteiger partial charge >= 0.3 is 0 Å². The van der Waals surface area contributed by atoms with Gasteiger partial charge in [-0.15, -0.1) is 0 Å². The molecule has 90 valence electrons. The first-order valence-electron chi connectivity index (χ1n) is 5.93. The third kappa shape index (κ3) is 2.04. The minimum absolute atomic E-state index is 0.0459. The number of carbonyl (C=O) groups excluding carboxylic acids is 1. The predicted molar refractivity (Wildman–Crippen MR) is 65.2 cm³/mol. The second-order valence-electron chi connectivity index (χ2n) is 4.30. The number of likely N-dealkylation sites (tertiary alicyclic amines) is 1. The van der Waals surface area contributed by atoms with E-state index in [0.29, 0.717) is 5.69 Å². The molecule has 1 saturated heterocycles. The lowest BCUT2D eigenvalue weighted by Gasteiger charge is -2.18. The summed E-state index contributed by atoms with van der Waals surface area (Å²) in [4.78, 5) is 19.3. The third-order valence-corrected chi connectivity index (χ3v) is 3.79. The highest BCUT2D eigenvalue weighted by molar-refractivity contribution is 7.14. The van der Waals surface area contributed by atoms with Crippen LogP contribution >= 0.6 is 11.3 Å². The summed E-state index contributed by atoms with van der Waals surface area (Å²) in [6.45, 7) is 1.72. The molecule has 0 saturated carbocycles. The van der Waals surface area contributed by atoms with Gasteiger partial charge in [0.1, 0.15) is 11.2 Å². The van der Waals surface area contributed by atoms with E-state index in [9.17, 15) is 4.79 Å². The van der Waals surface area contributed by atoms with E-state index >= 15 is 0 Å². The van der Waals surface area contributed by atoms with Crippen LogP contribution in [0.1, 0.15) is 36.2 Å². The largest absolute Gasteiger partial charge is 0.337 e. The number of rotatable bonds is 1. The van der Waals surface area contributed by atoms with E-state index < -0.39 is 0 Å². The average Bonchev–Trinajstić information content (AvgIpc) is 2.80. The van der Waals surface area contributed by atoms with Gasteiger partial charge < -0.3 is 4.90 Å². The molecule has 0 spiro atoms. The molecule has 1 amide bonds. The lowest BCUT2D eigenvalue weighted by atomic mass is 10.2. The molecular formula is C11H14N4OS. The SMILES string of the molecule is O=C(c1cn2ncsc2n1)N1CCCCCC1. The standard InChI is InChI=1S/C11H14N4OS/c16-10(14-5-3-1-2-4-6-14)9-7-15-11(13-9)17-8-12-15/h7-8H,1-6H2. The lowest BCUT2D eigenvalue weighted by molar-refractivity contribution is 0.0756. The number of imidazole rings is 1. The number of hydrogen-bond acceptors (Lipinski definition) is 4. The molecule has 3 rings (SSSR count). The van der Waals surface area contributed by atoms with Crippen molar-refractivity contribution in [3.63, 3.8) is 0 Å². The maximum atomic E-state index is 12.2. The predicted octanol–water partition coefficient (Wildman–Crippen LogP) is 1.81. The Labute approximate surface area is 103 Å².